The molecule has 1 N–H and O–H groups in total. The highest BCUT2D eigenvalue weighted by Crippen LogP contribution is 2.44. The first-order valence-corrected chi connectivity index (χ1v) is 8.61. The van der Waals surface area contributed by atoms with Gasteiger partial charge >= 0.3 is 5.97 Å². The molecule has 2 aromatic carbocycles. The van der Waals surface area contributed by atoms with E-state index in [4.69, 9.17) is 14.6 Å². The summed E-state index contributed by atoms with van der Waals surface area (Å²) in [5, 5.41) is 21.7. The van der Waals surface area contributed by atoms with Gasteiger partial charge in [-0.15, -0.1) is 0 Å². The van der Waals surface area contributed by atoms with Gasteiger partial charge in [-0.25, -0.2) is 4.79 Å². The quantitative estimate of drug-likeness (QED) is 0.790. The minimum atomic E-state index is -1.12. The van der Waals surface area contributed by atoms with Gasteiger partial charge in [0.05, 0.1) is 25.8 Å². The van der Waals surface area contributed by atoms with Gasteiger partial charge in [-0.05, 0) is 49.1 Å². The van der Waals surface area contributed by atoms with Gasteiger partial charge in [0, 0.05) is 22.9 Å². The normalized spacial score (nSPS) is 16.2. The molecule has 0 saturated heterocycles. The lowest BCUT2D eigenvalue weighted by molar-refractivity contribution is -0.298. The standard InChI is InChI=1S/C21H19NO7/c1-11(23)17-18(15-9-8-14(28-2)10-16(15)29-3)22(20(25)19(17)24)13-6-4-12(5-7-13)21(26)27/h4-10,18,24H,1-3H3,(H,26,27)/p-1/t18-/m0/s1. The van der Waals surface area contributed by atoms with Gasteiger partial charge in [0.25, 0.3) is 0 Å². The van der Waals surface area contributed by atoms with E-state index in [1.807, 2.05) is 0 Å². The summed E-state index contributed by atoms with van der Waals surface area (Å²) in [6.07, 6.45) is 0. The minimum Gasteiger partial charge on any atom is -0.868 e. The van der Waals surface area contributed by atoms with Crippen LogP contribution in [0.3, 0.4) is 0 Å². The number of benzene rings is 2. The number of carbonyl (C=O) groups excluding carboxylic acids is 2. The fourth-order valence-corrected chi connectivity index (χ4v) is 3.32. The molecule has 1 amide bonds. The summed E-state index contributed by atoms with van der Waals surface area (Å²) in [7, 11) is 2.91. The van der Waals surface area contributed by atoms with Crippen LogP contribution >= 0.6 is 0 Å². The number of anilines is 1. The zero-order valence-electron chi connectivity index (χ0n) is 16.0. The molecule has 0 spiro atoms. The second-order valence-corrected chi connectivity index (χ2v) is 6.34. The lowest BCUT2D eigenvalue weighted by Gasteiger charge is -2.29. The van der Waals surface area contributed by atoms with Crippen molar-refractivity contribution in [1.82, 2.24) is 0 Å². The molecule has 29 heavy (non-hydrogen) atoms. The van der Waals surface area contributed by atoms with Crippen LogP contribution in [0.4, 0.5) is 5.69 Å². The average Bonchev–Trinajstić information content (AvgIpc) is 2.98. The molecule has 150 valence electrons. The number of nitrogens with zero attached hydrogens (tertiary/aromatic N) is 1. The lowest BCUT2D eigenvalue weighted by Crippen LogP contribution is -2.32. The molecule has 1 atom stereocenters. The topological polar surface area (TPSA) is 116 Å². The number of aromatic carboxylic acids is 1. The van der Waals surface area contributed by atoms with E-state index in [1.54, 1.807) is 18.2 Å². The zero-order chi connectivity index (χ0) is 21.3. The molecule has 0 bridgehead atoms. The molecule has 1 heterocycles. The Balaban J connectivity index is 2.19. The number of amides is 1. The summed E-state index contributed by atoms with van der Waals surface area (Å²) in [6, 6.07) is 9.31. The molecule has 2 aromatic rings. The lowest BCUT2D eigenvalue weighted by atomic mass is 9.95. The summed E-state index contributed by atoms with van der Waals surface area (Å²) in [4.78, 5) is 37.3. The van der Waals surface area contributed by atoms with E-state index in [0.717, 1.165) is 0 Å². The summed E-state index contributed by atoms with van der Waals surface area (Å²) in [6.45, 7) is 1.22. The van der Waals surface area contributed by atoms with Crippen molar-refractivity contribution in [1.29, 1.82) is 0 Å². The Kier molecular flexibility index (Phi) is 5.27. The number of ether oxygens (including phenoxy) is 2. The molecule has 3 rings (SSSR count). The van der Waals surface area contributed by atoms with Crippen LogP contribution in [0.25, 0.3) is 0 Å². The fraction of sp³-hybridized carbons (Fsp3) is 0.190. The molecule has 0 aliphatic carbocycles. The van der Waals surface area contributed by atoms with Gasteiger partial charge in [0.1, 0.15) is 11.5 Å². The van der Waals surface area contributed by atoms with Gasteiger partial charge < -0.3 is 19.7 Å². The summed E-state index contributed by atoms with van der Waals surface area (Å²) < 4.78 is 10.6. The maximum Gasteiger partial charge on any atom is 0.335 e. The Hall–Kier alpha value is -3.81. The molecule has 0 aromatic heterocycles. The predicted octanol–water partition coefficient (Wildman–Crippen LogP) is 1.69. The van der Waals surface area contributed by atoms with E-state index < -0.39 is 29.5 Å². The number of carboxylic acid groups (broad SMARTS) is 1. The third-order valence-corrected chi connectivity index (χ3v) is 4.70. The van der Waals surface area contributed by atoms with Crippen molar-refractivity contribution in [3.63, 3.8) is 0 Å². The van der Waals surface area contributed by atoms with Crippen LogP contribution < -0.4 is 19.5 Å². The molecule has 0 unspecified atom stereocenters. The van der Waals surface area contributed by atoms with E-state index >= 15 is 0 Å². The van der Waals surface area contributed by atoms with Crippen molar-refractivity contribution < 1.29 is 34.1 Å². The molecular formula is C21H18NO7-. The van der Waals surface area contributed by atoms with Crippen LogP contribution in [0.5, 0.6) is 11.5 Å². The van der Waals surface area contributed by atoms with Gasteiger partial charge in [-0.3, -0.25) is 14.5 Å². The van der Waals surface area contributed by atoms with E-state index in [9.17, 15) is 19.5 Å². The fourth-order valence-electron chi connectivity index (χ4n) is 3.32. The molecule has 8 heteroatoms. The molecule has 1 aliphatic rings. The Bertz CT molecular complexity index is 1020. The predicted molar refractivity (Wildman–Crippen MR) is 101 cm³/mol. The second-order valence-electron chi connectivity index (χ2n) is 6.34. The second kappa shape index (κ2) is 7.67. The number of Topliss-reactive ketones (excluding diaryl/α,β-unsaturated/α-hetero) is 1. The highest BCUT2D eigenvalue weighted by atomic mass is 16.5. The summed E-state index contributed by atoms with van der Waals surface area (Å²) in [5.41, 5.74) is 0.564. The van der Waals surface area contributed by atoms with Crippen LogP contribution in [0.1, 0.15) is 28.9 Å². The van der Waals surface area contributed by atoms with Gasteiger partial charge in [0.15, 0.2) is 5.78 Å². The van der Waals surface area contributed by atoms with Crippen molar-refractivity contribution in [3.8, 4) is 11.5 Å². The van der Waals surface area contributed by atoms with Crippen LogP contribution in [-0.2, 0) is 9.59 Å². The van der Waals surface area contributed by atoms with Crippen LogP contribution in [-0.4, -0.2) is 37.0 Å². The number of hydrogen-bond donors (Lipinski definition) is 1. The number of rotatable bonds is 6. The van der Waals surface area contributed by atoms with Crippen LogP contribution in [0, 0.1) is 0 Å². The monoisotopic (exact) mass is 396 g/mol. The molecule has 0 radical (unpaired) electrons. The maximum absolute atomic E-state index is 12.8. The molecule has 8 nitrogen and oxygen atoms in total. The Morgan fingerprint density at radius 2 is 1.72 bits per heavy atom. The highest BCUT2D eigenvalue weighted by Gasteiger charge is 2.40. The SMILES string of the molecule is COc1ccc([C@H]2C(C(C)=O)=C([O-])C(=O)N2c2ccc(C(=O)O)cc2)c(OC)c1. The summed E-state index contributed by atoms with van der Waals surface area (Å²) >= 11 is 0. The van der Waals surface area contributed by atoms with E-state index in [0.29, 0.717) is 17.1 Å². The smallest absolute Gasteiger partial charge is 0.335 e. The van der Waals surface area contributed by atoms with Crippen molar-refractivity contribution >= 4 is 23.3 Å². The maximum atomic E-state index is 12.8. The van der Waals surface area contributed by atoms with Crippen LogP contribution in [0.2, 0.25) is 0 Å². The third-order valence-electron chi connectivity index (χ3n) is 4.70. The average molecular weight is 396 g/mol. The van der Waals surface area contributed by atoms with E-state index in [2.05, 4.69) is 0 Å². The van der Waals surface area contributed by atoms with Gasteiger partial charge in [-0.1, -0.05) is 0 Å². The van der Waals surface area contributed by atoms with E-state index in [1.165, 1.54) is 50.3 Å². The first-order chi connectivity index (χ1) is 13.8. The first-order valence-electron chi connectivity index (χ1n) is 8.61. The van der Waals surface area contributed by atoms with Crippen molar-refractivity contribution in [2.24, 2.45) is 0 Å². The Morgan fingerprint density at radius 3 is 2.24 bits per heavy atom. The number of carboxylic acids is 1. The Morgan fingerprint density at radius 1 is 1.07 bits per heavy atom. The largest absolute Gasteiger partial charge is 0.868 e. The summed E-state index contributed by atoms with van der Waals surface area (Å²) in [5.74, 6) is -2.59. The molecule has 0 saturated carbocycles. The molecular weight excluding hydrogens is 378 g/mol. The van der Waals surface area contributed by atoms with Gasteiger partial charge in [0.2, 0.25) is 5.91 Å². The molecule has 1 aliphatic heterocycles. The number of carbonyl (C=O) groups is 3. The number of ketones is 1. The van der Waals surface area contributed by atoms with Crippen LogP contribution in [0.15, 0.2) is 53.8 Å². The third kappa shape index (κ3) is 3.40. The van der Waals surface area contributed by atoms with Crippen molar-refractivity contribution in [2.45, 2.75) is 13.0 Å². The highest BCUT2D eigenvalue weighted by molar-refractivity contribution is 6.16. The molecule has 0 fully saturated rings. The van der Waals surface area contributed by atoms with Gasteiger partial charge in [-0.2, -0.15) is 0 Å². The zero-order valence-corrected chi connectivity index (χ0v) is 16.0. The minimum absolute atomic E-state index is 0.0288. The van der Waals surface area contributed by atoms with Crippen molar-refractivity contribution in [3.05, 3.63) is 64.9 Å². The van der Waals surface area contributed by atoms with E-state index in [-0.39, 0.29) is 16.8 Å². The van der Waals surface area contributed by atoms with Crippen molar-refractivity contribution in [2.75, 3.05) is 19.1 Å². The Labute approximate surface area is 166 Å². The number of methoxy groups -OCH3 is 2. The first kappa shape index (κ1) is 19.9. The number of hydrogen-bond acceptors (Lipinski definition) is 6.